The van der Waals surface area contributed by atoms with Gasteiger partial charge in [0, 0.05) is 53.4 Å². The molecule has 19 nitrogen and oxygen atoms in total. The molecule has 0 aliphatic carbocycles. The molecule has 10 atom stereocenters. The molecule has 0 radical (unpaired) electrons. The van der Waals surface area contributed by atoms with Crippen molar-refractivity contribution in [3.05, 3.63) is 48.6 Å². The minimum absolute atomic E-state index is 0.0147. The first kappa shape index (κ1) is 65.6. The van der Waals surface area contributed by atoms with Gasteiger partial charge in [0.05, 0.1) is 55.1 Å². The fraction of sp³-hybridized carbons (Fsp3) is 0.696. The Labute approximate surface area is 447 Å². The van der Waals surface area contributed by atoms with Crippen LogP contribution in [0.25, 0.3) is 0 Å². The van der Waals surface area contributed by atoms with Crippen molar-refractivity contribution in [2.75, 3.05) is 48.5 Å². The molecule has 1 aliphatic heterocycles. The summed E-state index contributed by atoms with van der Waals surface area (Å²) < 4.78 is 18.1. The minimum atomic E-state index is -0.855. The smallest absolute Gasteiger partial charge is 0.306 e. The molecule has 1 heterocycles. The van der Waals surface area contributed by atoms with Gasteiger partial charge >= 0.3 is 5.97 Å². The maximum Gasteiger partial charge on any atom is 0.306 e. The number of benzene rings is 1. The van der Waals surface area contributed by atoms with Gasteiger partial charge in [0.15, 0.2) is 0 Å². The molecule has 1 aromatic carbocycles. The van der Waals surface area contributed by atoms with Gasteiger partial charge in [-0.15, -0.1) is 0 Å². The van der Waals surface area contributed by atoms with Crippen LogP contribution in [0.1, 0.15) is 145 Å². The van der Waals surface area contributed by atoms with E-state index in [1.807, 2.05) is 90.9 Å². The first-order chi connectivity index (χ1) is 35.4. The number of rotatable bonds is 32. The molecule has 1 aliphatic rings. The summed E-state index contributed by atoms with van der Waals surface area (Å²) in [5.74, 6) is -3.70. The van der Waals surface area contributed by atoms with Crippen LogP contribution in [-0.2, 0) is 52.6 Å². The average molecular weight is 1050 g/mol. The highest BCUT2D eigenvalue weighted by Crippen LogP contribution is 2.31. The van der Waals surface area contributed by atoms with Crippen LogP contribution in [0.15, 0.2) is 48.1 Å². The number of amides is 7. The van der Waals surface area contributed by atoms with Crippen molar-refractivity contribution in [2.45, 2.75) is 182 Å². The molecule has 75 heavy (non-hydrogen) atoms. The lowest BCUT2D eigenvalue weighted by Crippen LogP contribution is -2.59. The number of methoxy groups -OCH3 is 2. The Hall–Kier alpha value is -5.53. The predicted molar refractivity (Wildman–Crippen MR) is 290 cm³/mol. The Morgan fingerprint density at radius 2 is 1.49 bits per heavy atom. The zero-order chi connectivity index (χ0) is 56.7. The number of ether oxygens (including phenoxy) is 3. The second kappa shape index (κ2) is 32.8. The number of imide groups is 1. The first-order valence-corrected chi connectivity index (χ1v) is 26.8. The van der Waals surface area contributed by atoms with Crippen molar-refractivity contribution >= 4 is 53.0 Å². The predicted octanol–water partition coefficient (Wildman–Crippen LogP) is 5.82. The molecule has 422 valence electrons. The lowest BCUT2D eigenvalue weighted by atomic mass is 9.89. The molecule has 1 fully saturated rings. The summed E-state index contributed by atoms with van der Waals surface area (Å²) in [5.41, 5.74) is 3.69. The summed E-state index contributed by atoms with van der Waals surface area (Å²) in [6, 6.07) is 6.24. The van der Waals surface area contributed by atoms with Gasteiger partial charge in [-0.05, 0) is 89.4 Å². The van der Waals surface area contributed by atoms with Crippen molar-refractivity contribution in [2.24, 2.45) is 28.8 Å². The molecule has 0 saturated carbocycles. The van der Waals surface area contributed by atoms with E-state index in [1.165, 1.54) is 14.0 Å². The molecule has 7 amide bonds. The number of carbonyl (C=O) groups is 8. The normalized spacial score (nSPS) is 17.4. The maximum absolute atomic E-state index is 14.5. The lowest BCUT2D eigenvalue weighted by molar-refractivity contribution is -0.152. The van der Waals surface area contributed by atoms with Crippen LogP contribution in [-0.4, -0.2) is 164 Å². The topological polar surface area (TPSA) is 226 Å². The fourth-order valence-electron chi connectivity index (χ4n) is 9.96. The Morgan fingerprint density at radius 3 is 2.04 bits per heavy atom. The molecule has 0 bridgehead atoms. The zero-order valence-electron chi connectivity index (χ0n) is 47.8. The summed E-state index contributed by atoms with van der Waals surface area (Å²) in [6.07, 6.45) is 2.86. The molecule has 9 unspecified atom stereocenters. The second-order valence-electron chi connectivity index (χ2n) is 21.0. The summed E-state index contributed by atoms with van der Waals surface area (Å²) >= 11 is 0. The van der Waals surface area contributed by atoms with E-state index in [2.05, 4.69) is 27.7 Å². The number of hydrogen-bond donors (Lipinski definition) is 3. The van der Waals surface area contributed by atoms with E-state index in [0.717, 1.165) is 11.0 Å². The van der Waals surface area contributed by atoms with Gasteiger partial charge in [-0.25, -0.2) is 5.43 Å². The standard InChI is InChI=1S/C56H92N8O11/c1-17-37(7)51(62(14)56(72)49(35(3)4)58-55(71)50(36(5)6)61(12)13)44(73-15)34-47(68)64-33-25-28-43(64)52(74-16)39(9)54(70)57-40(10)53(42-26-21-19-22-27-42)75-48(69)31-30-38(8)59-60-45(66)29-23-20-24-32-63(41(11)65)46(67)18-2/h18-19,21-22,26-27,35-37,39-40,43-44,49-53H,2,17,20,23-25,28-34H2,1,3-16H3,(H,57,70)(H,58,71)(H,60,66)/b59-38+/t37?,39?,40?,43?,44?,49-,50?,51?,52?,53?/m0/s1. The number of hydrazone groups is 1. The van der Waals surface area contributed by atoms with Crippen molar-refractivity contribution in [3.8, 4) is 0 Å². The van der Waals surface area contributed by atoms with Crippen LogP contribution >= 0.6 is 0 Å². The molecule has 1 saturated heterocycles. The van der Waals surface area contributed by atoms with Crippen LogP contribution in [0.4, 0.5) is 0 Å². The van der Waals surface area contributed by atoms with Crippen LogP contribution in [0.5, 0.6) is 0 Å². The quantitative estimate of drug-likeness (QED) is 0.0255. The molecule has 0 spiro atoms. The van der Waals surface area contributed by atoms with Gasteiger partial charge in [-0.2, -0.15) is 5.10 Å². The van der Waals surface area contributed by atoms with Gasteiger partial charge in [0.2, 0.25) is 35.4 Å². The summed E-state index contributed by atoms with van der Waals surface area (Å²) in [6.45, 7) is 22.4. The number of nitrogens with one attached hydrogen (secondary N) is 3. The van der Waals surface area contributed by atoms with E-state index in [-0.39, 0.29) is 85.4 Å². The highest BCUT2D eigenvalue weighted by molar-refractivity contribution is 5.99. The van der Waals surface area contributed by atoms with Gasteiger partial charge in [-0.3, -0.25) is 48.2 Å². The Morgan fingerprint density at radius 1 is 0.840 bits per heavy atom. The monoisotopic (exact) mass is 1050 g/mol. The lowest BCUT2D eigenvalue weighted by Gasteiger charge is -2.41. The highest BCUT2D eigenvalue weighted by atomic mass is 16.5. The van der Waals surface area contributed by atoms with E-state index in [1.54, 1.807) is 44.7 Å². The molecule has 2 rings (SSSR count). The number of hydrogen-bond acceptors (Lipinski definition) is 13. The molecular weight excluding hydrogens is 961 g/mol. The van der Waals surface area contributed by atoms with Crippen molar-refractivity contribution in [1.29, 1.82) is 0 Å². The zero-order valence-corrected chi connectivity index (χ0v) is 47.8. The Balaban J connectivity index is 2.15. The van der Waals surface area contributed by atoms with Gasteiger partial charge < -0.3 is 34.6 Å². The number of likely N-dealkylation sites (tertiary alicyclic amines) is 1. The Kier molecular flexibility index (Phi) is 28.7. The maximum atomic E-state index is 14.5. The van der Waals surface area contributed by atoms with E-state index in [9.17, 15) is 38.4 Å². The third-order valence-electron chi connectivity index (χ3n) is 14.3. The van der Waals surface area contributed by atoms with Crippen LogP contribution in [0.2, 0.25) is 0 Å². The largest absolute Gasteiger partial charge is 0.455 e. The van der Waals surface area contributed by atoms with Gasteiger partial charge in [0.25, 0.3) is 5.91 Å². The van der Waals surface area contributed by atoms with E-state index < -0.39 is 66.3 Å². The van der Waals surface area contributed by atoms with Gasteiger partial charge in [-0.1, -0.05) is 98.2 Å². The number of esters is 1. The van der Waals surface area contributed by atoms with Crippen LogP contribution < -0.4 is 16.1 Å². The molecule has 19 heteroatoms. The van der Waals surface area contributed by atoms with Crippen molar-refractivity contribution in [3.63, 3.8) is 0 Å². The Bertz CT molecular complexity index is 2060. The first-order valence-electron chi connectivity index (χ1n) is 26.8. The molecule has 0 aromatic heterocycles. The van der Waals surface area contributed by atoms with Crippen LogP contribution in [0.3, 0.4) is 0 Å². The fourth-order valence-corrected chi connectivity index (χ4v) is 9.96. The minimum Gasteiger partial charge on any atom is -0.455 e. The number of nitrogens with zero attached hydrogens (tertiary/aromatic N) is 5. The average Bonchev–Trinajstić information content (AvgIpc) is 3.85. The van der Waals surface area contributed by atoms with E-state index in [0.29, 0.717) is 56.3 Å². The number of carbonyl (C=O) groups excluding carboxylic acids is 8. The summed E-state index contributed by atoms with van der Waals surface area (Å²) in [7, 11) is 8.47. The highest BCUT2D eigenvalue weighted by Gasteiger charge is 2.43. The third kappa shape index (κ3) is 20.2. The van der Waals surface area contributed by atoms with Gasteiger partial charge in [0.1, 0.15) is 12.1 Å². The summed E-state index contributed by atoms with van der Waals surface area (Å²) in [5, 5.41) is 10.2. The van der Waals surface area contributed by atoms with Crippen molar-refractivity contribution in [1.82, 2.24) is 35.7 Å². The van der Waals surface area contributed by atoms with Crippen LogP contribution in [0, 0.1) is 23.7 Å². The second-order valence-corrected chi connectivity index (χ2v) is 21.0. The SMILES string of the molecule is C=CC(=O)N(CCCCCC(=O)N/N=C(\C)CCC(=O)OC(c1ccccc1)C(C)NC(=O)C(C)C(OC)C1CCCN1C(=O)CC(OC)C(C(C)CC)N(C)C(=O)[C@@H](NC(=O)C(C(C)C)N(C)C)C(C)C)C(C)=O. The van der Waals surface area contributed by atoms with E-state index in [4.69, 9.17) is 14.2 Å². The third-order valence-corrected chi connectivity index (χ3v) is 14.3. The van der Waals surface area contributed by atoms with E-state index >= 15 is 0 Å². The number of likely N-dealkylation sites (N-methyl/N-ethyl adjacent to an activating group) is 2. The molecule has 1 aromatic rings. The van der Waals surface area contributed by atoms with Crippen molar-refractivity contribution < 1.29 is 52.6 Å². The number of unbranched alkanes of at least 4 members (excludes halogenated alkanes) is 2. The molecular formula is C56H92N8O11. The summed E-state index contributed by atoms with van der Waals surface area (Å²) in [4.78, 5) is 112. The molecule has 3 N–H and O–H groups in total.